The van der Waals surface area contributed by atoms with E-state index in [0.717, 1.165) is 70.6 Å². The highest BCUT2D eigenvalue weighted by Crippen LogP contribution is 2.68. The van der Waals surface area contributed by atoms with Crippen LogP contribution < -0.4 is 10.8 Å². The highest BCUT2D eigenvalue weighted by molar-refractivity contribution is 5.85. The van der Waals surface area contributed by atoms with Gasteiger partial charge in [0.15, 0.2) is 18.4 Å². The Bertz CT molecular complexity index is 2080. The number of ketones is 3. The Kier molecular flexibility index (Phi) is 22.5. The molecule has 20 heteroatoms. The summed E-state index contributed by atoms with van der Waals surface area (Å²) in [7, 11) is 0. The molecule has 0 spiro atoms. The van der Waals surface area contributed by atoms with E-state index in [1.807, 2.05) is 12.4 Å². The van der Waals surface area contributed by atoms with E-state index in [1.165, 1.54) is 6.92 Å². The number of hydrogen-bond acceptors (Lipinski definition) is 19. The van der Waals surface area contributed by atoms with Crippen molar-refractivity contribution in [1.82, 2.24) is 10.8 Å². The molecule has 8 rings (SSSR count). The molecule has 0 aromatic heterocycles. The van der Waals surface area contributed by atoms with Gasteiger partial charge in [0.25, 0.3) is 0 Å². The lowest BCUT2D eigenvalue weighted by Gasteiger charge is -2.63. The summed E-state index contributed by atoms with van der Waals surface area (Å²) in [6.07, 6.45) is -2.72. The number of carbonyl (C=O) groups is 4. The van der Waals surface area contributed by atoms with Crippen molar-refractivity contribution in [1.29, 1.82) is 0 Å². The van der Waals surface area contributed by atoms with E-state index in [2.05, 4.69) is 26.1 Å². The molecule has 464 valence electrons. The highest BCUT2D eigenvalue weighted by atomic mass is 16.7. The largest absolute Gasteiger partial charge is 0.394 e. The van der Waals surface area contributed by atoms with Crippen LogP contribution >= 0.6 is 0 Å². The van der Waals surface area contributed by atoms with E-state index in [0.29, 0.717) is 63.4 Å². The number of carbonyl (C=O) groups excluding carboxylic acids is 4. The molecule has 0 aromatic carbocycles. The second-order valence-electron chi connectivity index (χ2n) is 27.0. The molecule has 0 radical (unpaired) electrons. The van der Waals surface area contributed by atoms with E-state index in [1.54, 1.807) is 13.8 Å². The number of hydroxylamine groups is 1. The molecule has 1 amide bonds. The zero-order chi connectivity index (χ0) is 58.7. The summed E-state index contributed by atoms with van der Waals surface area (Å²) >= 11 is 0. The van der Waals surface area contributed by atoms with Crippen molar-refractivity contribution in [3.05, 3.63) is 0 Å². The molecule has 10 N–H and O–H groups in total. The normalized spacial score (nSPS) is 44.5. The lowest BCUT2D eigenvalue weighted by molar-refractivity contribution is -0.338. The van der Waals surface area contributed by atoms with Gasteiger partial charge in [-0.1, -0.05) is 66.2 Å². The number of amides is 1. The molecule has 81 heavy (non-hydrogen) atoms. The number of hydrogen-bond donors (Lipinski definition) is 10. The van der Waals surface area contributed by atoms with Gasteiger partial charge >= 0.3 is 0 Å². The van der Waals surface area contributed by atoms with Crippen LogP contribution in [0, 0.1) is 64.1 Å². The maximum absolute atomic E-state index is 14.5. The molecular formula is C61H102N2O18. The van der Waals surface area contributed by atoms with Crippen LogP contribution in [0.2, 0.25) is 0 Å². The predicted octanol–water partition coefficient (Wildman–Crippen LogP) is 4.22. The number of aliphatic hydroxyl groups is 7. The summed E-state index contributed by atoms with van der Waals surface area (Å²) in [4.78, 5) is 53.0. The van der Waals surface area contributed by atoms with Crippen molar-refractivity contribution in [2.75, 3.05) is 19.8 Å². The number of nitrogens with one attached hydrogen (secondary N) is 2. The second kappa shape index (κ2) is 28.1. The summed E-state index contributed by atoms with van der Waals surface area (Å²) in [6, 6.07) is -1.27. The second-order valence-corrected chi connectivity index (χ2v) is 27.0. The number of Topliss-reactive ketones (excluding diaryl/α,β-unsaturated/α-hetero) is 3. The van der Waals surface area contributed by atoms with Gasteiger partial charge in [-0.15, -0.1) is 0 Å². The third kappa shape index (κ3) is 14.2. The molecule has 2 saturated heterocycles. The zero-order valence-electron chi connectivity index (χ0n) is 49.4. The summed E-state index contributed by atoms with van der Waals surface area (Å²) in [5, 5.41) is 91.5. The van der Waals surface area contributed by atoms with E-state index in [4.69, 9.17) is 28.4 Å². The predicted molar refractivity (Wildman–Crippen MR) is 294 cm³/mol. The first-order valence-corrected chi connectivity index (χ1v) is 31.3. The fourth-order valence-electron chi connectivity index (χ4n) is 17.5. The van der Waals surface area contributed by atoms with Crippen LogP contribution in [0.25, 0.3) is 0 Å². The van der Waals surface area contributed by atoms with E-state index < -0.39 is 123 Å². The van der Waals surface area contributed by atoms with Crippen molar-refractivity contribution in [3.63, 3.8) is 0 Å². The van der Waals surface area contributed by atoms with Crippen LogP contribution in [0.5, 0.6) is 0 Å². The SMILES string of the molecule is CC[C@@H]1CC(C(=O)CCCO[C@@H]2CC[C@@]3(C)[C@@H](C2)C[C@@H](O)[C@@H]2[C@@H]3C[C@H](O)[C@]3(C)[C@@H]([C@H](C)CCC(C)=O)CC[C@@H]23)C[C@@H](O[C@@H]2O[C@@H](CO)[C@H](O)C(O[C@@H](CC3CCCCC3)C(=O)CNO)C2NC(C)=O)[C@@H]1OC1O[C@@H](C)[C@H](O)C(O)[C@@H]1O. The first-order chi connectivity index (χ1) is 38.5. The van der Waals surface area contributed by atoms with Crippen LogP contribution in [-0.2, 0) is 47.6 Å². The van der Waals surface area contributed by atoms with Crippen LogP contribution in [-0.4, -0.2) is 182 Å². The average Bonchev–Trinajstić information content (AvgIpc) is 4.01. The lowest BCUT2D eigenvalue weighted by Crippen LogP contribution is -2.67. The average molecular weight is 1150 g/mol. The third-order valence-corrected chi connectivity index (χ3v) is 22.1. The summed E-state index contributed by atoms with van der Waals surface area (Å²) < 4.78 is 38.7. The van der Waals surface area contributed by atoms with E-state index in [-0.39, 0.29) is 76.8 Å². The Labute approximate surface area is 479 Å². The maximum atomic E-state index is 14.5. The first kappa shape index (κ1) is 64.9. The molecule has 26 atom stereocenters. The molecule has 0 aromatic rings. The van der Waals surface area contributed by atoms with Gasteiger partial charge < -0.3 is 79.5 Å². The van der Waals surface area contributed by atoms with Crippen molar-refractivity contribution >= 4 is 23.3 Å². The van der Waals surface area contributed by atoms with Gasteiger partial charge in [-0.3, -0.25) is 14.4 Å². The molecular weight excluding hydrogens is 1050 g/mol. The first-order valence-electron chi connectivity index (χ1n) is 31.3. The number of aliphatic hydroxyl groups excluding tert-OH is 7. The molecule has 20 nitrogen and oxygen atoms in total. The van der Waals surface area contributed by atoms with E-state index >= 15 is 0 Å². The van der Waals surface area contributed by atoms with Gasteiger partial charge in [-0.05, 0) is 149 Å². The number of ether oxygens (including phenoxy) is 6. The van der Waals surface area contributed by atoms with Crippen molar-refractivity contribution in [2.24, 2.45) is 64.1 Å². The monoisotopic (exact) mass is 1150 g/mol. The van der Waals surface area contributed by atoms with Gasteiger partial charge in [0.1, 0.15) is 60.3 Å². The van der Waals surface area contributed by atoms with Gasteiger partial charge in [0.05, 0.1) is 49.8 Å². The third-order valence-electron chi connectivity index (χ3n) is 22.1. The number of rotatable bonds is 24. The molecule has 6 saturated carbocycles. The minimum absolute atomic E-state index is 0.0254. The standard InChI is InChI=1S/C61H102N2O18/c1-8-36-24-37(43(67)15-12-22-76-39-20-21-60(6)38(26-39)27-44(68)50-41-19-18-40(31(2)16-17-32(3)65)61(41,7)49(70)28-42(50)60)25-47(56(36)81-59-55(74)54(73)52(71)33(4)77-59)79-58-51(63-34(5)66)57(53(72)48(30-64)80-58)78-46(45(69)29-62-75)23-35-13-10-9-11-14-35/h31,33,35-42,44,46-59,62,64,68,70-75H,8-30H2,1-7H3,(H,63,66)/t31-,33+,36-,37?,38+,39-,40-,41+,42+,44-,46+,47-,48+,49+,50+,51?,52+,53+,54?,55+,56-,57?,58-,59?,60+,61-/m1/s1. The molecule has 6 aliphatic carbocycles. The Morgan fingerprint density at radius 1 is 0.790 bits per heavy atom. The molecule has 0 bridgehead atoms. The van der Waals surface area contributed by atoms with Gasteiger partial charge in [-0.25, -0.2) is 0 Å². The van der Waals surface area contributed by atoms with Gasteiger partial charge in [0, 0.05) is 32.3 Å². The quantitative estimate of drug-likeness (QED) is 0.0478. The van der Waals surface area contributed by atoms with Crippen molar-refractivity contribution in [3.8, 4) is 0 Å². The molecule has 5 unspecified atom stereocenters. The van der Waals surface area contributed by atoms with Gasteiger partial charge in [-0.2, -0.15) is 5.48 Å². The summed E-state index contributed by atoms with van der Waals surface area (Å²) in [5.74, 6) is -0.273. The van der Waals surface area contributed by atoms with Gasteiger partial charge in [0.2, 0.25) is 5.91 Å². The minimum atomic E-state index is -1.65. The Morgan fingerprint density at radius 3 is 2.21 bits per heavy atom. The lowest BCUT2D eigenvalue weighted by atomic mass is 9.43. The Morgan fingerprint density at radius 2 is 1.53 bits per heavy atom. The summed E-state index contributed by atoms with van der Waals surface area (Å²) in [6.45, 7) is 12.5. The Balaban J connectivity index is 0.942. The highest BCUT2D eigenvalue weighted by Gasteiger charge is 2.66. The van der Waals surface area contributed by atoms with Crippen molar-refractivity contribution in [2.45, 2.75) is 275 Å². The zero-order valence-corrected chi connectivity index (χ0v) is 49.4. The topological polar surface area (TPSA) is 310 Å². The fourth-order valence-corrected chi connectivity index (χ4v) is 17.5. The van der Waals surface area contributed by atoms with Crippen LogP contribution in [0.15, 0.2) is 0 Å². The number of fused-ring (bicyclic) bond motifs is 5. The molecule has 2 aliphatic heterocycles. The minimum Gasteiger partial charge on any atom is -0.394 e. The van der Waals surface area contributed by atoms with Crippen molar-refractivity contribution < 1.29 is 88.6 Å². The molecule has 8 aliphatic rings. The van der Waals surface area contributed by atoms with Crippen LogP contribution in [0.4, 0.5) is 0 Å². The Hall–Kier alpha value is -2.12. The van der Waals surface area contributed by atoms with Crippen LogP contribution in [0.3, 0.4) is 0 Å². The molecule has 8 fully saturated rings. The van der Waals surface area contributed by atoms with Crippen LogP contribution in [0.1, 0.15) is 177 Å². The fraction of sp³-hybridized carbons (Fsp3) is 0.934. The summed E-state index contributed by atoms with van der Waals surface area (Å²) in [5.41, 5.74) is 1.57. The maximum Gasteiger partial charge on any atom is 0.217 e. The molecule has 2 heterocycles. The van der Waals surface area contributed by atoms with E-state index in [9.17, 15) is 60.1 Å². The smallest absolute Gasteiger partial charge is 0.217 e.